The Hall–Kier alpha value is -1.23. The Labute approximate surface area is 97.2 Å². The molecule has 1 aromatic heterocycles. The van der Waals surface area contributed by atoms with Crippen LogP contribution in [-0.4, -0.2) is 25.5 Å². The van der Waals surface area contributed by atoms with E-state index in [9.17, 15) is 9.00 Å². The van der Waals surface area contributed by atoms with E-state index in [0.29, 0.717) is 6.42 Å². The summed E-state index contributed by atoms with van der Waals surface area (Å²) in [4.78, 5) is 14.8. The first kappa shape index (κ1) is 12.8. The number of hydrogen-bond acceptors (Lipinski definition) is 3. The highest BCUT2D eigenvalue weighted by molar-refractivity contribution is 7.85. The van der Waals surface area contributed by atoms with Crippen molar-refractivity contribution in [2.75, 3.05) is 0 Å². The van der Waals surface area contributed by atoms with Crippen molar-refractivity contribution in [2.45, 2.75) is 31.3 Å². The molecule has 2 unspecified atom stereocenters. The monoisotopic (exact) mass is 241 g/mol. The number of nitrogens with zero attached hydrogens (tertiary/aromatic N) is 1. The van der Waals surface area contributed by atoms with Gasteiger partial charge >= 0.3 is 5.97 Å². The van der Waals surface area contributed by atoms with E-state index < -0.39 is 22.0 Å². The predicted octanol–water partition coefficient (Wildman–Crippen LogP) is 1.50. The first-order valence-corrected chi connectivity index (χ1v) is 6.43. The number of carboxylic acid groups (broad SMARTS) is 1. The van der Waals surface area contributed by atoms with Gasteiger partial charge in [-0.2, -0.15) is 0 Å². The second-order valence-electron chi connectivity index (χ2n) is 3.63. The Morgan fingerprint density at radius 2 is 2.25 bits per heavy atom. The predicted molar refractivity (Wildman–Crippen MR) is 62.5 cm³/mol. The quantitative estimate of drug-likeness (QED) is 0.848. The van der Waals surface area contributed by atoms with Gasteiger partial charge in [-0.25, -0.2) is 0 Å². The highest BCUT2D eigenvalue weighted by Gasteiger charge is 2.22. The summed E-state index contributed by atoms with van der Waals surface area (Å²) in [6.45, 7) is 3.62. The molecule has 0 aromatic carbocycles. The normalized spacial score (nSPS) is 14.4. The lowest BCUT2D eigenvalue weighted by atomic mass is 10.2. The van der Waals surface area contributed by atoms with Crippen LogP contribution in [-0.2, 0) is 21.3 Å². The fraction of sp³-hybridized carbons (Fsp3) is 0.455. The van der Waals surface area contributed by atoms with E-state index in [-0.39, 0.29) is 5.75 Å². The molecule has 0 fully saturated rings. The van der Waals surface area contributed by atoms with Crippen LogP contribution in [0.25, 0.3) is 0 Å². The van der Waals surface area contributed by atoms with E-state index in [1.165, 1.54) is 0 Å². The Bertz CT molecular complexity index is 406. The minimum atomic E-state index is -1.39. The lowest BCUT2D eigenvalue weighted by molar-refractivity contribution is -0.136. The Kier molecular flexibility index (Phi) is 4.61. The summed E-state index contributed by atoms with van der Waals surface area (Å²) in [5, 5.41) is 8.08. The number of carbonyl (C=O) groups is 1. The summed E-state index contributed by atoms with van der Waals surface area (Å²) < 4.78 is 11.8. The molecule has 1 rings (SSSR count). The molecule has 1 N–H and O–H groups in total. The van der Waals surface area contributed by atoms with Crippen LogP contribution in [0.3, 0.4) is 0 Å². The van der Waals surface area contributed by atoms with Crippen LogP contribution in [0.5, 0.6) is 0 Å². The maximum atomic E-state index is 11.8. The van der Waals surface area contributed by atoms with Crippen LogP contribution >= 0.6 is 0 Å². The third kappa shape index (κ3) is 3.41. The van der Waals surface area contributed by atoms with Gasteiger partial charge in [-0.1, -0.05) is 13.0 Å². The average molecular weight is 241 g/mol. The highest BCUT2D eigenvalue weighted by atomic mass is 32.2. The number of carboxylic acids is 1. The van der Waals surface area contributed by atoms with E-state index in [1.54, 1.807) is 19.3 Å². The Balaban J connectivity index is 2.74. The summed E-state index contributed by atoms with van der Waals surface area (Å²) in [7, 11) is -1.39. The molecule has 1 heterocycles. The van der Waals surface area contributed by atoms with Crippen LogP contribution in [0.15, 0.2) is 18.5 Å². The molecule has 5 heteroatoms. The molecule has 2 atom stereocenters. The molecule has 88 valence electrons. The lowest BCUT2D eigenvalue weighted by Crippen LogP contribution is -2.25. The molecule has 0 spiro atoms. The van der Waals surface area contributed by atoms with Crippen molar-refractivity contribution in [1.82, 2.24) is 4.98 Å². The van der Waals surface area contributed by atoms with Gasteiger partial charge in [0, 0.05) is 23.2 Å². The summed E-state index contributed by atoms with van der Waals surface area (Å²) >= 11 is 0. The van der Waals surface area contributed by atoms with Crippen molar-refractivity contribution < 1.29 is 14.1 Å². The fourth-order valence-corrected chi connectivity index (χ4v) is 2.72. The summed E-state index contributed by atoms with van der Waals surface area (Å²) in [6.07, 6.45) is 3.71. The molecule has 0 aliphatic carbocycles. The largest absolute Gasteiger partial charge is 0.480 e. The average Bonchev–Trinajstić information content (AvgIpc) is 2.17. The molecule has 0 radical (unpaired) electrons. The van der Waals surface area contributed by atoms with Gasteiger partial charge in [0.15, 0.2) is 0 Å². The molecule has 0 saturated heterocycles. The molecule has 16 heavy (non-hydrogen) atoms. The Morgan fingerprint density at radius 3 is 2.75 bits per heavy atom. The van der Waals surface area contributed by atoms with Crippen LogP contribution in [0, 0.1) is 6.92 Å². The lowest BCUT2D eigenvalue weighted by Gasteiger charge is -2.09. The van der Waals surface area contributed by atoms with Crippen molar-refractivity contribution >= 4 is 16.8 Å². The molecular formula is C11H15NO3S. The Morgan fingerprint density at radius 1 is 1.56 bits per heavy atom. The molecule has 0 aliphatic rings. The maximum Gasteiger partial charge on any atom is 0.319 e. The second-order valence-corrected chi connectivity index (χ2v) is 5.25. The van der Waals surface area contributed by atoms with Crippen molar-refractivity contribution in [1.29, 1.82) is 0 Å². The van der Waals surface area contributed by atoms with Crippen molar-refractivity contribution in [3.8, 4) is 0 Å². The molecule has 0 saturated carbocycles. The number of aromatic nitrogens is 1. The highest BCUT2D eigenvalue weighted by Crippen LogP contribution is 2.10. The molecule has 1 aromatic rings. The first-order valence-electron chi connectivity index (χ1n) is 5.05. The van der Waals surface area contributed by atoms with Gasteiger partial charge in [-0.05, 0) is 24.5 Å². The van der Waals surface area contributed by atoms with Crippen LogP contribution in [0.2, 0.25) is 0 Å². The number of aliphatic carboxylic acids is 1. The number of pyridine rings is 1. The van der Waals surface area contributed by atoms with E-state index in [1.807, 2.05) is 13.0 Å². The molecule has 0 amide bonds. The molecule has 0 bridgehead atoms. The van der Waals surface area contributed by atoms with Gasteiger partial charge in [-0.3, -0.25) is 14.0 Å². The van der Waals surface area contributed by atoms with Gasteiger partial charge in [0.1, 0.15) is 5.25 Å². The van der Waals surface area contributed by atoms with Crippen LogP contribution in [0.1, 0.15) is 24.5 Å². The van der Waals surface area contributed by atoms with Crippen molar-refractivity contribution in [3.63, 3.8) is 0 Å². The summed E-state index contributed by atoms with van der Waals surface area (Å²) in [5.74, 6) is -0.749. The van der Waals surface area contributed by atoms with Gasteiger partial charge in [0.05, 0.1) is 5.75 Å². The van der Waals surface area contributed by atoms with E-state index in [2.05, 4.69) is 4.98 Å². The maximum absolute atomic E-state index is 11.8. The zero-order valence-corrected chi connectivity index (χ0v) is 10.2. The van der Waals surface area contributed by atoms with Gasteiger partial charge in [0.2, 0.25) is 0 Å². The first-order chi connectivity index (χ1) is 7.54. The minimum Gasteiger partial charge on any atom is -0.480 e. The zero-order valence-electron chi connectivity index (χ0n) is 9.34. The smallest absolute Gasteiger partial charge is 0.319 e. The van der Waals surface area contributed by atoms with Crippen molar-refractivity contribution in [2.24, 2.45) is 0 Å². The zero-order chi connectivity index (χ0) is 12.1. The molecule has 0 aliphatic heterocycles. The van der Waals surface area contributed by atoms with Gasteiger partial charge < -0.3 is 5.11 Å². The third-order valence-corrected chi connectivity index (χ3v) is 3.99. The molecular weight excluding hydrogens is 226 g/mol. The van der Waals surface area contributed by atoms with Crippen LogP contribution < -0.4 is 0 Å². The second kappa shape index (κ2) is 5.75. The topological polar surface area (TPSA) is 67.3 Å². The number of hydrogen-bond donors (Lipinski definition) is 1. The van der Waals surface area contributed by atoms with E-state index in [4.69, 9.17) is 5.11 Å². The molecule has 4 nitrogen and oxygen atoms in total. The fourth-order valence-electron chi connectivity index (χ4n) is 1.43. The number of rotatable bonds is 5. The van der Waals surface area contributed by atoms with Gasteiger partial charge in [0.25, 0.3) is 0 Å². The van der Waals surface area contributed by atoms with Crippen LogP contribution in [0.4, 0.5) is 0 Å². The standard InChI is InChI=1S/C11H15NO3S/c1-3-10(11(13)14)16(15)7-9-4-8(2)5-12-6-9/h4-6,10H,3,7H2,1-2H3,(H,13,14). The number of aryl methyl sites for hydroxylation is 1. The SMILES string of the molecule is CCC(C(=O)O)S(=O)Cc1cncc(C)c1. The van der Waals surface area contributed by atoms with Crippen molar-refractivity contribution in [3.05, 3.63) is 29.6 Å². The van der Waals surface area contributed by atoms with E-state index >= 15 is 0 Å². The minimum absolute atomic E-state index is 0.249. The van der Waals surface area contributed by atoms with Gasteiger partial charge in [-0.15, -0.1) is 0 Å². The van der Waals surface area contributed by atoms with E-state index in [0.717, 1.165) is 11.1 Å². The third-order valence-electron chi connectivity index (χ3n) is 2.20. The summed E-state index contributed by atoms with van der Waals surface area (Å²) in [6, 6.07) is 1.87. The summed E-state index contributed by atoms with van der Waals surface area (Å²) in [5.41, 5.74) is 1.80.